The summed E-state index contributed by atoms with van der Waals surface area (Å²) in [6.07, 6.45) is -0.430. The second-order valence-electron chi connectivity index (χ2n) is 2.16. The molecule has 1 N–H and O–H groups in total. The standard InChI is InChI=1S/C7H10N2O2S/c1-3-11-7(10)8-6-4-12-9-5(6)2/h4H,3H2,1-2H3,(H,8,10). The van der Waals surface area contributed by atoms with Crippen LogP contribution in [-0.2, 0) is 4.74 Å². The van der Waals surface area contributed by atoms with E-state index in [1.807, 2.05) is 6.92 Å². The van der Waals surface area contributed by atoms with Crippen molar-refractivity contribution in [1.82, 2.24) is 4.37 Å². The van der Waals surface area contributed by atoms with Gasteiger partial charge in [0.2, 0.25) is 0 Å². The van der Waals surface area contributed by atoms with Gasteiger partial charge in [0.05, 0.1) is 18.0 Å². The molecule has 1 rings (SSSR count). The molecule has 12 heavy (non-hydrogen) atoms. The minimum atomic E-state index is -0.430. The van der Waals surface area contributed by atoms with Crippen LogP contribution in [0.5, 0.6) is 0 Å². The number of anilines is 1. The minimum absolute atomic E-state index is 0.377. The van der Waals surface area contributed by atoms with E-state index in [0.29, 0.717) is 6.61 Å². The van der Waals surface area contributed by atoms with E-state index in [4.69, 9.17) is 4.74 Å². The Balaban J connectivity index is 2.52. The van der Waals surface area contributed by atoms with Gasteiger partial charge in [-0.2, -0.15) is 4.37 Å². The van der Waals surface area contributed by atoms with E-state index in [2.05, 4.69) is 9.69 Å². The molecule has 0 radical (unpaired) electrons. The van der Waals surface area contributed by atoms with Crippen LogP contribution in [0, 0.1) is 6.92 Å². The Morgan fingerprint density at radius 2 is 2.58 bits per heavy atom. The monoisotopic (exact) mass is 186 g/mol. The van der Waals surface area contributed by atoms with E-state index in [1.165, 1.54) is 11.5 Å². The van der Waals surface area contributed by atoms with Gasteiger partial charge >= 0.3 is 6.09 Å². The fourth-order valence-electron chi connectivity index (χ4n) is 0.690. The van der Waals surface area contributed by atoms with E-state index in [-0.39, 0.29) is 0 Å². The largest absolute Gasteiger partial charge is 0.450 e. The van der Waals surface area contributed by atoms with Crippen LogP contribution in [0.4, 0.5) is 10.5 Å². The number of aromatic nitrogens is 1. The maximum atomic E-state index is 10.9. The Morgan fingerprint density at radius 1 is 1.83 bits per heavy atom. The molecule has 5 heteroatoms. The molecule has 1 heterocycles. The summed E-state index contributed by atoms with van der Waals surface area (Å²) in [4.78, 5) is 10.9. The van der Waals surface area contributed by atoms with E-state index in [1.54, 1.807) is 12.3 Å². The number of aryl methyl sites for hydroxylation is 1. The van der Waals surface area contributed by atoms with Gasteiger partial charge in [0, 0.05) is 5.38 Å². The van der Waals surface area contributed by atoms with Crippen molar-refractivity contribution >= 4 is 23.3 Å². The Labute approximate surface area is 74.7 Å². The van der Waals surface area contributed by atoms with Gasteiger partial charge in [-0.05, 0) is 25.4 Å². The molecule has 0 bridgehead atoms. The highest BCUT2D eigenvalue weighted by Gasteiger charge is 2.05. The van der Waals surface area contributed by atoms with Gasteiger partial charge in [0.15, 0.2) is 0 Å². The van der Waals surface area contributed by atoms with Crippen LogP contribution >= 0.6 is 11.5 Å². The number of hydrogen-bond donors (Lipinski definition) is 1. The van der Waals surface area contributed by atoms with Gasteiger partial charge in [0.25, 0.3) is 0 Å². The molecule has 0 fully saturated rings. The molecule has 1 amide bonds. The molecular weight excluding hydrogens is 176 g/mol. The number of carbonyl (C=O) groups excluding carboxylic acids is 1. The quantitative estimate of drug-likeness (QED) is 0.768. The van der Waals surface area contributed by atoms with E-state index >= 15 is 0 Å². The molecule has 0 aliphatic carbocycles. The number of ether oxygens (including phenoxy) is 1. The van der Waals surface area contributed by atoms with Crippen molar-refractivity contribution in [3.63, 3.8) is 0 Å². The highest BCUT2D eigenvalue weighted by molar-refractivity contribution is 7.04. The fourth-order valence-corrected chi connectivity index (χ4v) is 1.33. The molecular formula is C7H10N2O2S. The van der Waals surface area contributed by atoms with Crippen LogP contribution in [-0.4, -0.2) is 17.1 Å². The zero-order valence-corrected chi connectivity index (χ0v) is 7.77. The fraction of sp³-hybridized carbons (Fsp3) is 0.429. The smallest absolute Gasteiger partial charge is 0.411 e. The predicted molar refractivity (Wildman–Crippen MR) is 47.5 cm³/mol. The van der Waals surface area contributed by atoms with Gasteiger partial charge in [-0.3, -0.25) is 5.32 Å². The average molecular weight is 186 g/mol. The third kappa shape index (κ3) is 2.20. The number of rotatable bonds is 2. The topological polar surface area (TPSA) is 51.2 Å². The molecule has 0 unspecified atom stereocenters. The van der Waals surface area contributed by atoms with Crippen LogP contribution in [0.15, 0.2) is 5.38 Å². The Kier molecular flexibility index (Phi) is 3.04. The first-order chi connectivity index (χ1) is 5.74. The first kappa shape index (κ1) is 8.99. The SMILES string of the molecule is CCOC(=O)Nc1csnc1C. The third-order valence-electron chi connectivity index (χ3n) is 1.26. The molecule has 1 aromatic heterocycles. The van der Waals surface area contributed by atoms with Crippen molar-refractivity contribution in [2.75, 3.05) is 11.9 Å². The highest BCUT2D eigenvalue weighted by Crippen LogP contribution is 2.15. The molecule has 0 atom stereocenters. The second-order valence-corrected chi connectivity index (χ2v) is 2.79. The summed E-state index contributed by atoms with van der Waals surface area (Å²) in [5, 5.41) is 4.35. The summed E-state index contributed by atoms with van der Waals surface area (Å²) in [6, 6.07) is 0. The Bertz CT molecular complexity index is 272. The van der Waals surface area contributed by atoms with Crippen LogP contribution in [0.1, 0.15) is 12.6 Å². The van der Waals surface area contributed by atoms with Crippen molar-refractivity contribution in [3.05, 3.63) is 11.1 Å². The number of amides is 1. The summed E-state index contributed by atoms with van der Waals surface area (Å²) in [5.41, 5.74) is 1.53. The van der Waals surface area contributed by atoms with Crippen molar-refractivity contribution < 1.29 is 9.53 Å². The summed E-state index contributed by atoms with van der Waals surface area (Å²) in [6.45, 7) is 3.97. The molecule has 0 saturated carbocycles. The first-order valence-electron chi connectivity index (χ1n) is 3.58. The summed E-state index contributed by atoms with van der Waals surface area (Å²) >= 11 is 1.31. The Hall–Kier alpha value is -1.10. The Morgan fingerprint density at radius 3 is 3.08 bits per heavy atom. The normalized spacial score (nSPS) is 9.50. The number of nitrogens with zero attached hydrogens (tertiary/aromatic N) is 1. The minimum Gasteiger partial charge on any atom is -0.450 e. The molecule has 0 aliphatic rings. The first-order valence-corrected chi connectivity index (χ1v) is 4.42. The molecule has 0 aliphatic heterocycles. The molecule has 0 aromatic carbocycles. The van der Waals surface area contributed by atoms with Crippen molar-refractivity contribution in [2.24, 2.45) is 0 Å². The third-order valence-corrected chi connectivity index (χ3v) is 1.98. The lowest BCUT2D eigenvalue weighted by Crippen LogP contribution is -2.13. The van der Waals surface area contributed by atoms with Crippen LogP contribution < -0.4 is 5.32 Å². The van der Waals surface area contributed by atoms with Crippen molar-refractivity contribution in [1.29, 1.82) is 0 Å². The molecule has 4 nitrogen and oxygen atoms in total. The molecule has 0 spiro atoms. The summed E-state index contributed by atoms with van der Waals surface area (Å²) in [7, 11) is 0. The van der Waals surface area contributed by atoms with E-state index < -0.39 is 6.09 Å². The lowest BCUT2D eigenvalue weighted by Gasteiger charge is -2.02. The zero-order chi connectivity index (χ0) is 8.97. The number of hydrogen-bond acceptors (Lipinski definition) is 4. The van der Waals surface area contributed by atoms with Crippen LogP contribution in [0.25, 0.3) is 0 Å². The second kappa shape index (κ2) is 4.06. The van der Waals surface area contributed by atoms with Crippen LogP contribution in [0.2, 0.25) is 0 Å². The average Bonchev–Trinajstić information content (AvgIpc) is 2.37. The molecule has 1 aromatic rings. The summed E-state index contributed by atoms with van der Waals surface area (Å²) < 4.78 is 8.70. The molecule has 66 valence electrons. The van der Waals surface area contributed by atoms with Gasteiger partial charge < -0.3 is 4.74 Å². The maximum absolute atomic E-state index is 10.9. The summed E-state index contributed by atoms with van der Waals surface area (Å²) in [5.74, 6) is 0. The van der Waals surface area contributed by atoms with Crippen molar-refractivity contribution in [2.45, 2.75) is 13.8 Å². The van der Waals surface area contributed by atoms with Gasteiger partial charge in [-0.25, -0.2) is 4.79 Å². The van der Waals surface area contributed by atoms with Crippen LogP contribution in [0.3, 0.4) is 0 Å². The molecule has 0 saturated heterocycles. The van der Waals surface area contributed by atoms with E-state index in [0.717, 1.165) is 11.4 Å². The lowest BCUT2D eigenvalue weighted by atomic mass is 10.4. The van der Waals surface area contributed by atoms with Gasteiger partial charge in [-0.1, -0.05) is 0 Å². The lowest BCUT2D eigenvalue weighted by molar-refractivity contribution is 0.168. The van der Waals surface area contributed by atoms with E-state index in [9.17, 15) is 4.79 Å². The number of nitrogens with one attached hydrogen (secondary N) is 1. The zero-order valence-electron chi connectivity index (χ0n) is 6.96. The predicted octanol–water partition coefficient (Wildman–Crippen LogP) is 2.02. The number of carbonyl (C=O) groups is 1. The van der Waals surface area contributed by atoms with Gasteiger partial charge in [0.1, 0.15) is 0 Å². The maximum Gasteiger partial charge on any atom is 0.411 e. The van der Waals surface area contributed by atoms with Gasteiger partial charge in [-0.15, -0.1) is 0 Å². The highest BCUT2D eigenvalue weighted by atomic mass is 32.1. The van der Waals surface area contributed by atoms with Crippen molar-refractivity contribution in [3.8, 4) is 0 Å².